The Morgan fingerprint density at radius 1 is 1.32 bits per heavy atom. The molecular weight excluding hydrogens is 428 g/mol. The van der Waals surface area contributed by atoms with Crippen LogP contribution in [-0.2, 0) is 12.8 Å². The van der Waals surface area contributed by atoms with Crippen molar-refractivity contribution in [3.05, 3.63) is 33.3 Å². The van der Waals surface area contributed by atoms with Gasteiger partial charge in [0.15, 0.2) is 0 Å². The Hall–Kier alpha value is -2.23. The van der Waals surface area contributed by atoms with E-state index in [0.29, 0.717) is 16.6 Å². The number of carbonyl (C=O) groups excluding carboxylic acids is 1. The Labute approximate surface area is 189 Å². The lowest BCUT2D eigenvalue weighted by molar-refractivity contribution is 0.0938. The van der Waals surface area contributed by atoms with E-state index in [2.05, 4.69) is 34.3 Å². The third-order valence-corrected chi connectivity index (χ3v) is 8.63. The van der Waals surface area contributed by atoms with Crippen molar-refractivity contribution < 1.29 is 4.79 Å². The molecule has 0 radical (unpaired) electrons. The van der Waals surface area contributed by atoms with Gasteiger partial charge in [-0.3, -0.25) is 4.79 Å². The van der Waals surface area contributed by atoms with E-state index < -0.39 is 0 Å². The van der Waals surface area contributed by atoms with Gasteiger partial charge in [-0.25, -0.2) is 9.97 Å². The topological polar surface area (TPSA) is 110 Å². The minimum Gasteiger partial charge on any atom is -0.396 e. The molecule has 0 spiro atoms. The summed E-state index contributed by atoms with van der Waals surface area (Å²) >= 11 is 2.92. The van der Waals surface area contributed by atoms with Gasteiger partial charge in [0.1, 0.15) is 15.5 Å². The Balaban J connectivity index is 1.29. The molecule has 1 aliphatic heterocycles. The van der Waals surface area contributed by atoms with Crippen molar-refractivity contribution in [2.24, 2.45) is 5.73 Å². The lowest BCUT2D eigenvalue weighted by Crippen LogP contribution is -2.39. The van der Waals surface area contributed by atoms with Crippen LogP contribution in [0.1, 0.15) is 52.1 Å². The van der Waals surface area contributed by atoms with Gasteiger partial charge in [-0.1, -0.05) is 13.0 Å². The molecule has 0 saturated carbocycles. The third-order valence-electron chi connectivity index (χ3n) is 6.39. The number of nitrogens with two attached hydrogens (primary N) is 2. The van der Waals surface area contributed by atoms with Crippen molar-refractivity contribution >= 4 is 49.6 Å². The van der Waals surface area contributed by atoms with E-state index in [1.165, 1.54) is 16.9 Å². The summed E-state index contributed by atoms with van der Waals surface area (Å²) in [5.41, 5.74) is 15.4. The number of pyridine rings is 1. The summed E-state index contributed by atoms with van der Waals surface area (Å²) in [4.78, 5) is 26.1. The lowest BCUT2D eigenvalue weighted by Gasteiger charge is -2.28. The first-order valence-electron chi connectivity index (χ1n) is 10.9. The second-order valence-corrected chi connectivity index (χ2v) is 10.8. The molecule has 0 aromatic carbocycles. The van der Waals surface area contributed by atoms with Gasteiger partial charge in [-0.05, 0) is 50.7 Å². The smallest absolute Gasteiger partial charge is 0.263 e. The molecule has 3 aromatic heterocycles. The highest BCUT2D eigenvalue weighted by Gasteiger charge is 2.31. The van der Waals surface area contributed by atoms with Gasteiger partial charge < -0.3 is 21.7 Å². The molecule has 5 rings (SSSR count). The van der Waals surface area contributed by atoms with Crippen LogP contribution in [0, 0.1) is 6.92 Å². The van der Waals surface area contributed by atoms with Crippen LogP contribution in [0.2, 0.25) is 0 Å². The molecule has 3 unspecified atom stereocenters. The molecule has 1 aliphatic carbocycles. The number of hydrogen-bond acceptors (Lipinski definition) is 8. The number of thiophene rings is 1. The predicted molar refractivity (Wildman–Crippen MR) is 128 cm³/mol. The fraction of sp³-hybridized carbons (Fsp3) is 0.500. The van der Waals surface area contributed by atoms with Crippen molar-refractivity contribution in [1.82, 2.24) is 15.3 Å². The highest BCUT2D eigenvalue weighted by atomic mass is 32.1. The number of hydrogen-bond donors (Lipinski definition) is 3. The standard InChI is InChI=1S/C22H28N6OS2/c1-3-15-9-13(23)10-28(15)17-7-4-12-8-14(5-6-16(12)27-17)26-21(29)19-18(24)20-22(31-19)25-11(2)30-20/h4,7,13-15H,3,5-6,8-10,23-24H2,1-2H3,(H,26,29). The average molecular weight is 457 g/mol. The summed E-state index contributed by atoms with van der Waals surface area (Å²) in [5.74, 6) is 0.940. The van der Waals surface area contributed by atoms with Crippen LogP contribution in [-0.4, -0.2) is 40.5 Å². The molecule has 4 heterocycles. The first kappa shape index (κ1) is 20.7. The van der Waals surface area contributed by atoms with Crippen molar-refractivity contribution in [1.29, 1.82) is 0 Å². The zero-order chi connectivity index (χ0) is 21.7. The Kier molecular flexibility index (Phi) is 5.35. The molecule has 3 atom stereocenters. The molecule has 0 bridgehead atoms. The normalized spacial score (nSPS) is 23.3. The second-order valence-electron chi connectivity index (χ2n) is 8.61. The van der Waals surface area contributed by atoms with Gasteiger partial charge >= 0.3 is 0 Å². The van der Waals surface area contributed by atoms with Gasteiger partial charge in [0.05, 0.1) is 15.4 Å². The maximum Gasteiger partial charge on any atom is 0.263 e. The number of rotatable bonds is 4. The zero-order valence-corrected chi connectivity index (χ0v) is 19.5. The Bertz CT molecular complexity index is 1140. The summed E-state index contributed by atoms with van der Waals surface area (Å²) < 4.78 is 0.922. The van der Waals surface area contributed by atoms with Gasteiger partial charge in [0.2, 0.25) is 0 Å². The lowest BCUT2D eigenvalue weighted by atomic mass is 9.91. The third kappa shape index (κ3) is 3.79. The monoisotopic (exact) mass is 456 g/mol. The van der Waals surface area contributed by atoms with Crippen LogP contribution in [0.4, 0.5) is 11.5 Å². The van der Waals surface area contributed by atoms with Crippen molar-refractivity contribution in [2.45, 2.75) is 64.1 Å². The second kappa shape index (κ2) is 8.03. The largest absolute Gasteiger partial charge is 0.396 e. The fourth-order valence-corrected chi connectivity index (χ4v) is 6.92. The molecular formula is C22H28N6OS2. The van der Waals surface area contributed by atoms with E-state index in [-0.39, 0.29) is 18.0 Å². The van der Waals surface area contributed by atoms with E-state index in [0.717, 1.165) is 64.7 Å². The van der Waals surface area contributed by atoms with E-state index in [9.17, 15) is 4.79 Å². The molecule has 5 N–H and O–H groups in total. The number of aryl methyl sites for hydroxylation is 2. The first-order valence-corrected chi connectivity index (χ1v) is 12.5. The van der Waals surface area contributed by atoms with Crippen LogP contribution in [0.25, 0.3) is 9.53 Å². The molecule has 1 saturated heterocycles. The number of thiazole rings is 1. The molecule has 31 heavy (non-hydrogen) atoms. The van der Waals surface area contributed by atoms with Crippen LogP contribution in [0.5, 0.6) is 0 Å². The van der Waals surface area contributed by atoms with Crippen molar-refractivity contribution in [2.75, 3.05) is 17.2 Å². The van der Waals surface area contributed by atoms with Gasteiger partial charge in [-0.15, -0.1) is 22.7 Å². The number of aromatic nitrogens is 2. The Morgan fingerprint density at radius 2 is 2.16 bits per heavy atom. The number of nitrogens with zero attached hydrogens (tertiary/aromatic N) is 3. The molecule has 7 nitrogen and oxygen atoms in total. The predicted octanol–water partition coefficient (Wildman–Crippen LogP) is 3.25. The van der Waals surface area contributed by atoms with Crippen LogP contribution in [0.3, 0.4) is 0 Å². The summed E-state index contributed by atoms with van der Waals surface area (Å²) in [7, 11) is 0. The maximum atomic E-state index is 12.9. The minimum atomic E-state index is -0.0970. The van der Waals surface area contributed by atoms with E-state index in [1.807, 2.05) is 6.92 Å². The van der Waals surface area contributed by atoms with Crippen LogP contribution in [0.15, 0.2) is 12.1 Å². The SMILES string of the molecule is CCC1CC(N)CN1c1ccc2c(n1)CCC(NC(=O)c1sc3nc(C)sc3c1N)C2. The van der Waals surface area contributed by atoms with Crippen molar-refractivity contribution in [3.8, 4) is 0 Å². The summed E-state index contributed by atoms with van der Waals surface area (Å²) in [5, 5.41) is 4.16. The molecule has 164 valence electrons. The summed E-state index contributed by atoms with van der Waals surface area (Å²) in [6.07, 6.45) is 4.65. The van der Waals surface area contributed by atoms with E-state index in [4.69, 9.17) is 16.5 Å². The minimum absolute atomic E-state index is 0.0884. The number of fused-ring (bicyclic) bond motifs is 2. The maximum absolute atomic E-state index is 12.9. The van der Waals surface area contributed by atoms with Gasteiger partial charge in [-0.2, -0.15) is 0 Å². The number of carbonyl (C=O) groups is 1. The van der Waals surface area contributed by atoms with Crippen LogP contribution >= 0.6 is 22.7 Å². The Morgan fingerprint density at radius 3 is 2.94 bits per heavy atom. The van der Waals surface area contributed by atoms with E-state index >= 15 is 0 Å². The number of nitrogens with one attached hydrogen (secondary N) is 1. The van der Waals surface area contributed by atoms with Gasteiger partial charge in [0, 0.05) is 30.4 Å². The quantitative estimate of drug-likeness (QED) is 0.556. The number of nitrogen functional groups attached to an aromatic ring is 1. The molecule has 3 aromatic rings. The number of anilines is 2. The fourth-order valence-electron chi connectivity index (χ4n) is 4.82. The zero-order valence-electron chi connectivity index (χ0n) is 17.9. The number of amides is 1. The molecule has 2 aliphatic rings. The first-order chi connectivity index (χ1) is 14.9. The van der Waals surface area contributed by atoms with Gasteiger partial charge in [0.25, 0.3) is 5.91 Å². The molecule has 9 heteroatoms. The average Bonchev–Trinajstić information content (AvgIpc) is 3.40. The summed E-state index contributed by atoms with van der Waals surface area (Å²) in [6, 6.07) is 5.07. The highest BCUT2D eigenvalue weighted by Crippen LogP contribution is 2.37. The van der Waals surface area contributed by atoms with Crippen molar-refractivity contribution in [3.63, 3.8) is 0 Å². The molecule has 1 fully saturated rings. The summed E-state index contributed by atoms with van der Waals surface area (Å²) in [6.45, 7) is 5.04. The van der Waals surface area contributed by atoms with Crippen LogP contribution < -0.4 is 21.7 Å². The van der Waals surface area contributed by atoms with E-state index in [1.54, 1.807) is 11.3 Å². The highest BCUT2D eigenvalue weighted by molar-refractivity contribution is 7.29. The molecule has 1 amide bonds.